The van der Waals surface area contributed by atoms with Gasteiger partial charge in [-0.05, 0) is 30.2 Å². The average molecular weight is 264 g/mol. The van der Waals surface area contributed by atoms with Crippen LogP contribution in [-0.2, 0) is 0 Å². The Morgan fingerprint density at radius 1 is 0.850 bits per heavy atom. The zero-order chi connectivity index (χ0) is 14.6. The highest BCUT2D eigenvalue weighted by atomic mass is 16.3. The van der Waals surface area contributed by atoms with Crippen molar-refractivity contribution in [3.63, 3.8) is 0 Å². The van der Waals surface area contributed by atoms with Gasteiger partial charge in [0.05, 0.1) is 0 Å². The third kappa shape index (κ3) is 6.41. The van der Waals surface area contributed by atoms with Crippen LogP contribution < -0.4 is 0 Å². The summed E-state index contributed by atoms with van der Waals surface area (Å²) in [4.78, 5) is 0. The third-order valence-corrected chi connectivity index (χ3v) is 2.49. The molecular formula is C19H20O. The van der Waals surface area contributed by atoms with E-state index in [4.69, 9.17) is 5.11 Å². The van der Waals surface area contributed by atoms with Gasteiger partial charge in [-0.3, -0.25) is 0 Å². The maximum atomic E-state index is 9.12. The van der Waals surface area contributed by atoms with Crippen molar-refractivity contribution in [2.75, 3.05) is 0 Å². The molecule has 1 nitrogen and oxygen atoms in total. The van der Waals surface area contributed by atoms with Gasteiger partial charge in [-0.15, -0.1) is 0 Å². The summed E-state index contributed by atoms with van der Waals surface area (Å²) in [6, 6.07) is 17.3. The first-order chi connectivity index (χ1) is 9.76. The molecule has 0 saturated carbocycles. The number of hydrogen-bond acceptors (Lipinski definition) is 1. The molecule has 0 bridgehead atoms. The van der Waals surface area contributed by atoms with E-state index in [0.29, 0.717) is 5.75 Å². The van der Waals surface area contributed by atoms with Crippen molar-refractivity contribution < 1.29 is 5.11 Å². The number of phenols is 1. The first kappa shape index (κ1) is 15.5. The molecule has 0 aliphatic rings. The van der Waals surface area contributed by atoms with Crippen LogP contribution >= 0.6 is 0 Å². The number of rotatable bonds is 3. The van der Waals surface area contributed by atoms with Crippen LogP contribution in [0, 0.1) is 0 Å². The van der Waals surface area contributed by atoms with Crippen molar-refractivity contribution in [2.24, 2.45) is 0 Å². The van der Waals surface area contributed by atoms with Crippen molar-refractivity contribution >= 4 is 12.2 Å². The van der Waals surface area contributed by atoms with E-state index in [0.717, 1.165) is 5.56 Å². The van der Waals surface area contributed by atoms with E-state index < -0.39 is 0 Å². The van der Waals surface area contributed by atoms with Crippen LogP contribution in [-0.4, -0.2) is 5.11 Å². The minimum absolute atomic E-state index is 0.298. The molecule has 0 atom stereocenters. The van der Waals surface area contributed by atoms with Gasteiger partial charge in [0.25, 0.3) is 0 Å². The SMILES string of the molecule is C=C/C=C\C.Oc1ccc(/C=C/c2ccccc2)cc1. The van der Waals surface area contributed by atoms with Gasteiger partial charge in [0.2, 0.25) is 0 Å². The Kier molecular flexibility index (Phi) is 7.29. The van der Waals surface area contributed by atoms with Crippen LogP contribution in [0.2, 0.25) is 0 Å². The number of hydrogen-bond donors (Lipinski definition) is 1. The minimum Gasteiger partial charge on any atom is -0.508 e. The van der Waals surface area contributed by atoms with Crippen LogP contribution in [0.1, 0.15) is 18.1 Å². The monoisotopic (exact) mass is 264 g/mol. The van der Waals surface area contributed by atoms with Gasteiger partial charge >= 0.3 is 0 Å². The fourth-order valence-electron chi connectivity index (χ4n) is 1.48. The minimum atomic E-state index is 0.298. The average Bonchev–Trinajstić information content (AvgIpc) is 2.49. The van der Waals surface area contributed by atoms with E-state index in [9.17, 15) is 0 Å². The lowest BCUT2D eigenvalue weighted by Crippen LogP contribution is -1.71. The van der Waals surface area contributed by atoms with Gasteiger partial charge in [0.1, 0.15) is 5.75 Å². The topological polar surface area (TPSA) is 20.2 Å². The number of phenolic OH excluding ortho intramolecular Hbond substituents is 1. The molecule has 0 aliphatic heterocycles. The molecule has 102 valence electrons. The lowest BCUT2D eigenvalue weighted by molar-refractivity contribution is 0.475. The molecule has 2 aromatic carbocycles. The van der Waals surface area contributed by atoms with E-state index in [1.54, 1.807) is 18.2 Å². The first-order valence-electron chi connectivity index (χ1n) is 6.52. The van der Waals surface area contributed by atoms with Crippen LogP contribution in [0.25, 0.3) is 12.2 Å². The molecule has 0 saturated heterocycles. The Bertz CT molecular complexity index is 548. The molecule has 0 heterocycles. The molecule has 1 heteroatoms. The highest BCUT2D eigenvalue weighted by molar-refractivity contribution is 5.69. The zero-order valence-electron chi connectivity index (χ0n) is 11.7. The molecule has 0 amide bonds. The van der Waals surface area contributed by atoms with E-state index in [-0.39, 0.29) is 0 Å². The largest absolute Gasteiger partial charge is 0.508 e. The van der Waals surface area contributed by atoms with Crippen LogP contribution in [0.3, 0.4) is 0 Å². The predicted octanol–water partition coefficient (Wildman–Crippen LogP) is 5.31. The number of allylic oxidation sites excluding steroid dienone is 3. The molecule has 0 radical (unpaired) electrons. The van der Waals surface area contributed by atoms with Crippen LogP contribution in [0.4, 0.5) is 0 Å². The summed E-state index contributed by atoms with van der Waals surface area (Å²) in [5, 5.41) is 9.12. The molecule has 20 heavy (non-hydrogen) atoms. The van der Waals surface area contributed by atoms with E-state index in [1.807, 2.05) is 61.6 Å². The Labute approximate surface area is 121 Å². The maximum Gasteiger partial charge on any atom is 0.115 e. The quantitative estimate of drug-likeness (QED) is 0.588. The van der Waals surface area contributed by atoms with Crippen molar-refractivity contribution in [3.8, 4) is 5.75 Å². The lowest BCUT2D eigenvalue weighted by atomic mass is 10.1. The molecular weight excluding hydrogens is 244 g/mol. The summed E-state index contributed by atoms with van der Waals surface area (Å²) >= 11 is 0. The molecule has 0 fully saturated rings. The van der Waals surface area contributed by atoms with Gasteiger partial charge in [-0.1, -0.05) is 79.4 Å². The predicted molar refractivity (Wildman–Crippen MR) is 88.5 cm³/mol. The highest BCUT2D eigenvalue weighted by Gasteiger charge is 1.88. The summed E-state index contributed by atoms with van der Waals surface area (Å²) in [5.74, 6) is 0.298. The summed E-state index contributed by atoms with van der Waals surface area (Å²) in [6.07, 6.45) is 9.65. The van der Waals surface area contributed by atoms with Crippen LogP contribution in [0.15, 0.2) is 79.4 Å². The Hall–Kier alpha value is -2.54. The summed E-state index contributed by atoms with van der Waals surface area (Å²) in [7, 11) is 0. The molecule has 0 aromatic heterocycles. The lowest BCUT2D eigenvalue weighted by Gasteiger charge is -1.94. The second-order valence-corrected chi connectivity index (χ2v) is 4.10. The zero-order valence-corrected chi connectivity index (χ0v) is 11.7. The van der Waals surface area contributed by atoms with Crippen molar-refractivity contribution in [2.45, 2.75) is 6.92 Å². The van der Waals surface area contributed by atoms with Gasteiger partial charge < -0.3 is 5.11 Å². The normalized spacial score (nSPS) is 10.2. The molecule has 0 aliphatic carbocycles. The molecule has 1 N–H and O–H groups in total. The van der Waals surface area contributed by atoms with Crippen LogP contribution in [0.5, 0.6) is 5.75 Å². The van der Waals surface area contributed by atoms with Crippen molar-refractivity contribution in [1.82, 2.24) is 0 Å². The molecule has 0 unspecified atom stereocenters. The Morgan fingerprint density at radius 2 is 1.40 bits per heavy atom. The van der Waals surface area contributed by atoms with Crippen molar-refractivity contribution in [3.05, 3.63) is 90.5 Å². The molecule has 2 aromatic rings. The molecule has 2 rings (SSSR count). The summed E-state index contributed by atoms with van der Waals surface area (Å²) in [6.45, 7) is 5.42. The van der Waals surface area contributed by atoms with Gasteiger partial charge in [-0.2, -0.15) is 0 Å². The second-order valence-electron chi connectivity index (χ2n) is 4.10. The number of aromatic hydroxyl groups is 1. The fourth-order valence-corrected chi connectivity index (χ4v) is 1.48. The van der Waals surface area contributed by atoms with E-state index in [2.05, 4.69) is 18.7 Å². The summed E-state index contributed by atoms with van der Waals surface area (Å²) < 4.78 is 0. The van der Waals surface area contributed by atoms with E-state index in [1.165, 1.54) is 5.56 Å². The van der Waals surface area contributed by atoms with Crippen molar-refractivity contribution in [1.29, 1.82) is 0 Å². The van der Waals surface area contributed by atoms with Gasteiger partial charge in [-0.25, -0.2) is 0 Å². The Balaban J connectivity index is 0.000000347. The fraction of sp³-hybridized carbons (Fsp3) is 0.0526. The highest BCUT2D eigenvalue weighted by Crippen LogP contribution is 2.12. The van der Waals surface area contributed by atoms with E-state index >= 15 is 0 Å². The van der Waals surface area contributed by atoms with Gasteiger partial charge in [0.15, 0.2) is 0 Å². The smallest absolute Gasteiger partial charge is 0.115 e. The third-order valence-electron chi connectivity index (χ3n) is 2.49. The second kappa shape index (κ2) is 9.40. The van der Waals surface area contributed by atoms with Gasteiger partial charge in [0, 0.05) is 0 Å². The molecule has 0 spiro atoms. The Morgan fingerprint density at radius 3 is 1.85 bits per heavy atom. The number of benzene rings is 2. The first-order valence-corrected chi connectivity index (χ1v) is 6.52. The maximum absolute atomic E-state index is 9.12. The summed E-state index contributed by atoms with van der Waals surface area (Å²) in [5.41, 5.74) is 2.25. The standard InChI is InChI=1S/C14H12O.C5H8/c15-14-10-8-13(9-11-14)7-6-12-4-2-1-3-5-12;1-3-5-4-2/h1-11,15H;3-5H,1H2,2H3/b7-6+;5-4-.